The standard InChI is InChI=1S/C10H11NO4.C6H6/c12-8(10(14)15)6-11-9(13)7-4-2-1-3-5-7;1-2-4-6-5-3-1/h1-5,8,12H,6H2,(H,11,13)(H,14,15);1-6H. The van der Waals surface area contributed by atoms with Crippen LogP contribution in [-0.4, -0.2) is 34.7 Å². The van der Waals surface area contributed by atoms with Crippen molar-refractivity contribution in [3.8, 4) is 0 Å². The van der Waals surface area contributed by atoms with Crippen LogP contribution in [0.25, 0.3) is 0 Å². The number of nitrogens with one attached hydrogen (secondary N) is 1. The number of aliphatic hydroxyl groups is 1. The Morgan fingerprint density at radius 2 is 1.33 bits per heavy atom. The molecule has 0 heterocycles. The van der Waals surface area contributed by atoms with Crippen LogP contribution in [0.1, 0.15) is 10.4 Å². The maximum Gasteiger partial charge on any atom is 0.334 e. The van der Waals surface area contributed by atoms with Crippen LogP contribution < -0.4 is 5.32 Å². The average molecular weight is 287 g/mol. The van der Waals surface area contributed by atoms with E-state index in [0.717, 1.165) is 0 Å². The predicted octanol–water partition coefficient (Wildman–Crippen LogP) is 1.55. The molecule has 2 rings (SSSR count). The summed E-state index contributed by atoms with van der Waals surface area (Å²) in [7, 11) is 0. The number of carbonyl (C=O) groups excluding carboxylic acids is 1. The molecule has 2 aromatic carbocycles. The molecule has 0 fully saturated rings. The lowest BCUT2D eigenvalue weighted by Gasteiger charge is -2.07. The van der Waals surface area contributed by atoms with Crippen molar-refractivity contribution in [3.63, 3.8) is 0 Å². The van der Waals surface area contributed by atoms with Crippen molar-refractivity contribution in [2.24, 2.45) is 0 Å². The first-order chi connectivity index (χ1) is 10.1. The highest BCUT2D eigenvalue weighted by Crippen LogP contribution is 1.97. The molecule has 1 atom stereocenters. The third-order valence-electron chi connectivity index (χ3n) is 2.44. The Balaban J connectivity index is 0.000000304. The molecule has 0 spiro atoms. The number of carbonyl (C=O) groups is 2. The highest BCUT2D eigenvalue weighted by molar-refractivity contribution is 5.94. The highest BCUT2D eigenvalue weighted by atomic mass is 16.4. The molecule has 0 aliphatic rings. The molecule has 0 bridgehead atoms. The van der Waals surface area contributed by atoms with Crippen molar-refractivity contribution in [3.05, 3.63) is 72.3 Å². The third-order valence-corrected chi connectivity index (χ3v) is 2.44. The van der Waals surface area contributed by atoms with E-state index >= 15 is 0 Å². The minimum atomic E-state index is -1.57. The SMILES string of the molecule is O=C(NCC(O)C(=O)O)c1ccccc1.c1ccccc1. The molecule has 0 saturated heterocycles. The molecule has 5 nitrogen and oxygen atoms in total. The Kier molecular flexibility index (Phi) is 7.24. The monoisotopic (exact) mass is 287 g/mol. The molecule has 21 heavy (non-hydrogen) atoms. The van der Waals surface area contributed by atoms with Crippen LogP contribution in [-0.2, 0) is 4.79 Å². The second-order valence-electron chi connectivity index (χ2n) is 4.08. The zero-order valence-electron chi connectivity index (χ0n) is 11.3. The van der Waals surface area contributed by atoms with E-state index in [1.165, 1.54) is 0 Å². The Hall–Kier alpha value is -2.66. The first-order valence-electron chi connectivity index (χ1n) is 6.35. The molecule has 0 saturated carbocycles. The number of aliphatic hydroxyl groups excluding tert-OH is 1. The largest absolute Gasteiger partial charge is 0.479 e. The second-order valence-corrected chi connectivity index (χ2v) is 4.08. The highest BCUT2D eigenvalue weighted by Gasteiger charge is 2.14. The molecule has 1 amide bonds. The van der Waals surface area contributed by atoms with E-state index in [-0.39, 0.29) is 6.54 Å². The summed E-state index contributed by atoms with van der Waals surface area (Å²) in [5.74, 6) is -1.76. The van der Waals surface area contributed by atoms with Crippen LogP contribution >= 0.6 is 0 Å². The van der Waals surface area contributed by atoms with Gasteiger partial charge in [-0.2, -0.15) is 0 Å². The zero-order valence-corrected chi connectivity index (χ0v) is 11.3. The zero-order chi connectivity index (χ0) is 15.5. The van der Waals surface area contributed by atoms with E-state index in [4.69, 9.17) is 10.2 Å². The van der Waals surface area contributed by atoms with Gasteiger partial charge >= 0.3 is 5.97 Å². The number of hydrogen-bond acceptors (Lipinski definition) is 3. The molecular formula is C16H17NO4. The van der Waals surface area contributed by atoms with Gasteiger partial charge in [-0.15, -0.1) is 0 Å². The van der Waals surface area contributed by atoms with Crippen molar-refractivity contribution in [1.29, 1.82) is 0 Å². The molecule has 0 aliphatic heterocycles. The maximum atomic E-state index is 11.4. The molecule has 110 valence electrons. The molecule has 5 heteroatoms. The summed E-state index contributed by atoms with van der Waals surface area (Å²) >= 11 is 0. The van der Waals surface area contributed by atoms with Crippen molar-refractivity contribution >= 4 is 11.9 Å². The number of benzene rings is 2. The number of aliphatic carboxylic acids is 1. The average Bonchev–Trinajstić information content (AvgIpc) is 2.55. The number of carboxylic acid groups (broad SMARTS) is 1. The number of rotatable bonds is 4. The van der Waals surface area contributed by atoms with Crippen molar-refractivity contribution in [2.75, 3.05) is 6.54 Å². The fourth-order valence-electron chi connectivity index (χ4n) is 1.35. The molecule has 1 unspecified atom stereocenters. The predicted molar refractivity (Wildman–Crippen MR) is 78.9 cm³/mol. The molecular weight excluding hydrogens is 270 g/mol. The molecule has 0 aliphatic carbocycles. The van der Waals surface area contributed by atoms with E-state index < -0.39 is 18.0 Å². The Morgan fingerprint density at radius 3 is 1.76 bits per heavy atom. The summed E-state index contributed by atoms with van der Waals surface area (Å²) in [5.41, 5.74) is 0.426. The van der Waals surface area contributed by atoms with E-state index in [9.17, 15) is 9.59 Å². The minimum Gasteiger partial charge on any atom is -0.479 e. The van der Waals surface area contributed by atoms with Crippen LogP contribution in [0.5, 0.6) is 0 Å². The van der Waals surface area contributed by atoms with Gasteiger partial charge < -0.3 is 15.5 Å². The van der Waals surface area contributed by atoms with Gasteiger partial charge in [0.2, 0.25) is 0 Å². The number of hydrogen-bond donors (Lipinski definition) is 3. The van der Waals surface area contributed by atoms with E-state index in [0.29, 0.717) is 5.56 Å². The Labute approximate surface area is 122 Å². The number of carboxylic acids is 1. The van der Waals surface area contributed by atoms with Crippen molar-refractivity contribution in [1.82, 2.24) is 5.32 Å². The van der Waals surface area contributed by atoms with Gasteiger partial charge in [-0.05, 0) is 12.1 Å². The van der Waals surface area contributed by atoms with Crippen LogP contribution in [0, 0.1) is 0 Å². The minimum absolute atomic E-state index is 0.303. The summed E-state index contributed by atoms with van der Waals surface area (Å²) in [6, 6.07) is 20.4. The summed E-state index contributed by atoms with van der Waals surface area (Å²) < 4.78 is 0. The van der Waals surface area contributed by atoms with Crippen molar-refractivity contribution < 1.29 is 19.8 Å². The summed E-state index contributed by atoms with van der Waals surface area (Å²) in [4.78, 5) is 21.6. The van der Waals surface area contributed by atoms with Gasteiger partial charge in [-0.25, -0.2) is 4.79 Å². The van der Waals surface area contributed by atoms with Gasteiger partial charge in [-0.1, -0.05) is 54.6 Å². The van der Waals surface area contributed by atoms with Crippen LogP contribution in [0.4, 0.5) is 0 Å². The van der Waals surface area contributed by atoms with Gasteiger partial charge in [0.1, 0.15) is 0 Å². The Bertz CT molecular complexity index is 516. The van der Waals surface area contributed by atoms with E-state index in [1.807, 2.05) is 36.4 Å². The van der Waals surface area contributed by atoms with Crippen LogP contribution in [0.3, 0.4) is 0 Å². The van der Waals surface area contributed by atoms with Gasteiger partial charge in [-0.3, -0.25) is 4.79 Å². The smallest absolute Gasteiger partial charge is 0.334 e. The quantitative estimate of drug-likeness (QED) is 0.796. The molecule has 2 aromatic rings. The number of amides is 1. The lowest BCUT2D eigenvalue weighted by Crippen LogP contribution is -2.36. The van der Waals surface area contributed by atoms with E-state index in [1.54, 1.807) is 30.3 Å². The van der Waals surface area contributed by atoms with Gasteiger partial charge in [0.05, 0.1) is 6.54 Å². The van der Waals surface area contributed by atoms with E-state index in [2.05, 4.69) is 5.32 Å². The molecule has 3 N–H and O–H groups in total. The normalized spacial score (nSPS) is 10.7. The van der Waals surface area contributed by atoms with Crippen LogP contribution in [0.15, 0.2) is 66.7 Å². The van der Waals surface area contributed by atoms with Gasteiger partial charge in [0.15, 0.2) is 6.10 Å². The lowest BCUT2D eigenvalue weighted by molar-refractivity contribution is -0.146. The van der Waals surface area contributed by atoms with Crippen LogP contribution in [0.2, 0.25) is 0 Å². The summed E-state index contributed by atoms with van der Waals surface area (Å²) in [5, 5.41) is 19.6. The van der Waals surface area contributed by atoms with Gasteiger partial charge in [0, 0.05) is 5.56 Å². The summed E-state index contributed by atoms with van der Waals surface area (Å²) in [6.45, 7) is -0.303. The Morgan fingerprint density at radius 1 is 0.905 bits per heavy atom. The lowest BCUT2D eigenvalue weighted by atomic mass is 10.2. The summed E-state index contributed by atoms with van der Waals surface area (Å²) in [6.07, 6.45) is -1.57. The second kappa shape index (κ2) is 9.28. The fourth-order valence-corrected chi connectivity index (χ4v) is 1.35. The first-order valence-corrected chi connectivity index (χ1v) is 6.35. The molecule has 0 aromatic heterocycles. The maximum absolute atomic E-state index is 11.4. The first kappa shape index (κ1) is 16.4. The topological polar surface area (TPSA) is 86.6 Å². The van der Waals surface area contributed by atoms with Crippen molar-refractivity contribution in [2.45, 2.75) is 6.10 Å². The third kappa shape index (κ3) is 6.89. The fraction of sp³-hybridized carbons (Fsp3) is 0.125. The van der Waals surface area contributed by atoms with Gasteiger partial charge in [0.25, 0.3) is 5.91 Å². The molecule has 0 radical (unpaired) electrons.